The molecule has 1 amide bonds. The maximum atomic E-state index is 12.4. The molecule has 1 aliphatic rings. The molecule has 0 aliphatic carbocycles. The van der Waals surface area contributed by atoms with Gasteiger partial charge in [-0.25, -0.2) is 8.42 Å². The first-order chi connectivity index (χ1) is 8.11. The highest BCUT2D eigenvalue weighted by atomic mass is 35.5. The Morgan fingerprint density at radius 1 is 1.50 bits per heavy atom. The van der Waals surface area contributed by atoms with Crippen LogP contribution in [0.2, 0.25) is 0 Å². The van der Waals surface area contributed by atoms with Gasteiger partial charge in [-0.15, -0.1) is 11.6 Å². The number of amides is 1. The van der Waals surface area contributed by atoms with E-state index in [4.69, 9.17) is 16.3 Å². The number of halogens is 1. The fraction of sp³-hybridized carbons (Fsp3) is 0.909. The highest BCUT2D eigenvalue weighted by Crippen LogP contribution is 2.23. The molecule has 0 N–H and O–H groups in total. The zero-order chi connectivity index (χ0) is 14.1. The van der Waals surface area contributed by atoms with Gasteiger partial charge < -0.3 is 9.64 Å². The standard InChI is InChI=1S/C11H20ClNO4S/c1-8-7-17-9(5-12)6-13(8)10(14)11(2,3)18(4,15)16/h8-9H,5-7H2,1-4H3. The van der Waals surface area contributed by atoms with Gasteiger partial charge in [-0.2, -0.15) is 0 Å². The highest BCUT2D eigenvalue weighted by Gasteiger charge is 2.44. The largest absolute Gasteiger partial charge is 0.373 e. The Morgan fingerprint density at radius 3 is 2.50 bits per heavy atom. The van der Waals surface area contributed by atoms with E-state index in [2.05, 4.69) is 0 Å². The Kier molecular flexibility index (Phi) is 4.67. The molecule has 7 heteroatoms. The van der Waals surface area contributed by atoms with E-state index in [-0.39, 0.29) is 18.0 Å². The number of carbonyl (C=O) groups is 1. The van der Waals surface area contributed by atoms with Crippen molar-refractivity contribution in [1.29, 1.82) is 0 Å². The maximum absolute atomic E-state index is 12.4. The number of hydrogen-bond acceptors (Lipinski definition) is 4. The molecule has 1 saturated heterocycles. The zero-order valence-electron chi connectivity index (χ0n) is 11.1. The molecule has 5 nitrogen and oxygen atoms in total. The van der Waals surface area contributed by atoms with E-state index < -0.39 is 20.5 Å². The Bertz CT molecular complexity index is 421. The molecule has 0 saturated carbocycles. The number of sulfone groups is 1. The summed E-state index contributed by atoms with van der Waals surface area (Å²) in [6.07, 6.45) is 0.844. The molecule has 106 valence electrons. The van der Waals surface area contributed by atoms with Gasteiger partial charge in [-0.05, 0) is 20.8 Å². The minimum absolute atomic E-state index is 0.141. The lowest BCUT2D eigenvalue weighted by atomic mass is 10.1. The Morgan fingerprint density at radius 2 is 2.06 bits per heavy atom. The van der Waals surface area contributed by atoms with Crippen LogP contribution in [0.3, 0.4) is 0 Å². The molecule has 0 aromatic heterocycles. The normalized spacial score (nSPS) is 26.2. The van der Waals surface area contributed by atoms with E-state index in [0.29, 0.717) is 13.2 Å². The van der Waals surface area contributed by atoms with Gasteiger partial charge in [-0.3, -0.25) is 4.79 Å². The van der Waals surface area contributed by atoms with Gasteiger partial charge in [0.2, 0.25) is 5.91 Å². The zero-order valence-corrected chi connectivity index (χ0v) is 12.7. The number of alkyl halides is 1. The monoisotopic (exact) mass is 297 g/mol. The van der Waals surface area contributed by atoms with E-state index in [9.17, 15) is 13.2 Å². The topological polar surface area (TPSA) is 63.7 Å². The third-order valence-electron chi connectivity index (χ3n) is 3.38. The summed E-state index contributed by atoms with van der Waals surface area (Å²) in [6, 6.07) is -0.141. The van der Waals surface area contributed by atoms with Crippen LogP contribution in [0.5, 0.6) is 0 Å². The van der Waals surface area contributed by atoms with Crippen LogP contribution in [0.4, 0.5) is 0 Å². The predicted octanol–water partition coefficient (Wildman–Crippen LogP) is 0.664. The van der Waals surface area contributed by atoms with Crippen molar-refractivity contribution in [3.05, 3.63) is 0 Å². The summed E-state index contributed by atoms with van der Waals surface area (Å²) in [7, 11) is -3.46. The lowest BCUT2D eigenvalue weighted by Crippen LogP contribution is -2.58. The fourth-order valence-electron chi connectivity index (χ4n) is 1.70. The summed E-state index contributed by atoms with van der Waals surface area (Å²) in [4.78, 5) is 13.9. The molecule has 0 spiro atoms. The third kappa shape index (κ3) is 2.97. The minimum Gasteiger partial charge on any atom is -0.373 e. The molecule has 0 radical (unpaired) electrons. The second-order valence-corrected chi connectivity index (χ2v) is 8.07. The number of carbonyl (C=O) groups excluding carboxylic acids is 1. The predicted molar refractivity (Wildman–Crippen MR) is 70.6 cm³/mol. The van der Waals surface area contributed by atoms with Gasteiger partial charge in [0.25, 0.3) is 0 Å². The van der Waals surface area contributed by atoms with Gasteiger partial charge >= 0.3 is 0 Å². The summed E-state index contributed by atoms with van der Waals surface area (Å²) in [5.74, 6) is -0.105. The van der Waals surface area contributed by atoms with Crippen LogP contribution in [-0.4, -0.2) is 61.4 Å². The summed E-state index contributed by atoms with van der Waals surface area (Å²) in [5.41, 5.74) is 0. The van der Waals surface area contributed by atoms with Gasteiger partial charge in [-0.1, -0.05) is 0 Å². The molecule has 1 aliphatic heterocycles. The molecule has 1 rings (SSSR count). The third-order valence-corrected chi connectivity index (χ3v) is 5.75. The number of morpholine rings is 1. The lowest BCUT2D eigenvalue weighted by molar-refractivity contribution is -0.145. The first kappa shape index (κ1) is 15.7. The molecule has 0 bridgehead atoms. The Labute approximate surface area is 113 Å². The maximum Gasteiger partial charge on any atom is 0.243 e. The van der Waals surface area contributed by atoms with Crippen molar-refractivity contribution in [2.45, 2.75) is 37.7 Å². The summed E-state index contributed by atoms with van der Waals surface area (Å²) in [6.45, 7) is 5.41. The van der Waals surface area contributed by atoms with Gasteiger partial charge in [0.15, 0.2) is 9.84 Å². The second kappa shape index (κ2) is 5.35. The van der Waals surface area contributed by atoms with Crippen LogP contribution in [0.25, 0.3) is 0 Å². The van der Waals surface area contributed by atoms with Crippen LogP contribution in [0, 0.1) is 0 Å². The first-order valence-corrected chi connectivity index (χ1v) is 8.22. The summed E-state index contributed by atoms with van der Waals surface area (Å²) < 4.78 is 27.4. The lowest BCUT2D eigenvalue weighted by Gasteiger charge is -2.40. The van der Waals surface area contributed by atoms with E-state index in [1.165, 1.54) is 13.8 Å². The van der Waals surface area contributed by atoms with Crippen molar-refractivity contribution in [3.63, 3.8) is 0 Å². The smallest absolute Gasteiger partial charge is 0.243 e. The first-order valence-electron chi connectivity index (χ1n) is 5.79. The van der Waals surface area contributed by atoms with Crippen molar-refractivity contribution in [2.75, 3.05) is 25.3 Å². The van der Waals surface area contributed by atoms with E-state index in [0.717, 1.165) is 6.26 Å². The summed E-state index contributed by atoms with van der Waals surface area (Å²) >= 11 is 5.72. The van der Waals surface area contributed by atoms with Crippen molar-refractivity contribution < 1.29 is 17.9 Å². The van der Waals surface area contributed by atoms with Crippen LogP contribution >= 0.6 is 11.6 Å². The highest BCUT2D eigenvalue weighted by molar-refractivity contribution is 7.92. The van der Waals surface area contributed by atoms with Crippen molar-refractivity contribution in [2.24, 2.45) is 0 Å². The number of hydrogen-bond donors (Lipinski definition) is 0. The molecular formula is C11H20ClNO4S. The SMILES string of the molecule is CC1COC(CCl)CN1C(=O)C(C)(C)S(C)(=O)=O. The Hall–Kier alpha value is -0.330. The van der Waals surface area contributed by atoms with E-state index >= 15 is 0 Å². The fourth-order valence-corrected chi connectivity index (χ4v) is 2.32. The average Bonchev–Trinajstić information content (AvgIpc) is 2.27. The van der Waals surface area contributed by atoms with E-state index in [1.54, 1.807) is 4.90 Å². The van der Waals surface area contributed by atoms with Crippen LogP contribution in [0.15, 0.2) is 0 Å². The number of nitrogens with zero attached hydrogens (tertiary/aromatic N) is 1. The number of rotatable bonds is 3. The van der Waals surface area contributed by atoms with Crippen LogP contribution < -0.4 is 0 Å². The van der Waals surface area contributed by atoms with Crippen molar-refractivity contribution in [3.8, 4) is 0 Å². The van der Waals surface area contributed by atoms with Gasteiger partial charge in [0.1, 0.15) is 4.75 Å². The molecule has 2 atom stereocenters. The molecular weight excluding hydrogens is 278 g/mol. The quantitative estimate of drug-likeness (QED) is 0.718. The van der Waals surface area contributed by atoms with Crippen molar-refractivity contribution >= 4 is 27.3 Å². The van der Waals surface area contributed by atoms with Crippen LogP contribution in [0.1, 0.15) is 20.8 Å². The van der Waals surface area contributed by atoms with E-state index in [1.807, 2.05) is 6.92 Å². The van der Waals surface area contributed by atoms with Gasteiger partial charge in [0, 0.05) is 12.8 Å². The second-order valence-electron chi connectivity index (χ2n) is 5.20. The molecule has 1 heterocycles. The average molecular weight is 298 g/mol. The molecule has 18 heavy (non-hydrogen) atoms. The molecule has 0 aromatic carbocycles. The summed E-state index contributed by atoms with van der Waals surface area (Å²) in [5, 5.41) is 0. The molecule has 0 aromatic rings. The van der Waals surface area contributed by atoms with Gasteiger partial charge in [0.05, 0.1) is 24.6 Å². The molecule has 2 unspecified atom stereocenters. The molecule has 1 fully saturated rings. The Balaban J connectivity index is 2.95. The van der Waals surface area contributed by atoms with Crippen LogP contribution in [-0.2, 0) is 19.4 Å². The van der Waals surface area contributed by atoms with Crippen molar-refractivity contribution in [1.82, 2.24) is 4.90 Å². The minimum atomic E-state index is -3.46. The number of ether oxygens (including phenoxy) is 1.